The fraction of sp³-hybridized carbons (Fsp3) is 0.364. The Morgan fingerprint density at radius 2 is 2.29 bits per heavy atom. The van der Waals surface area contributed by atoms with Crippen molar-refractivity contribution >= 4 is 0 Å². The van der Waals surface area contributed by atoms with E-state index < -0.39 is 0 Å². The van der Waals surface area contributed by atoms with Crippen LogP contribution in [-0.4, -0.2) is 21.7 Å². The van der Waals surface area contributed by atoms with Crippen molar-refractivity contribution in [3.05, 3.63) is 42.1 Å². The molecule has 0 fully saturated rings. The molecule has 1 atom stereocenters. The van der Waals surface area contributed by atoms with Gasteiger partial charge in [-0.05, 0) is 19.1 Å². The van der Waals surface area contributed by atoms with E-state index in [1.165, 1.54) is 18.7 Å². The van der Waals surface area contributed by atoms with Crippen LogP contribution in [0, 0.1) is 5.82 Å². The molecule has 0 aromatic carbocycles. The van der Waals surface area contributed by atoms with Crippen molar-refractivity contribution in [2.75, 3.05) is 6.54 Å². The number of nitrogens with one attached hydrogen (secondary N) is 1. The Morgan fingerprint density at radius 1 is 1.41 bits per heavy atom. The zero-order valence-corrected chi connectivity index (χ0v) is 9.43. The van der Waals surface area contributed by atoms with Crippen molar-refractivity contribution in [3.8, 4) is 0 Å². The van der Waals surface area contributed by atoms with Crippen molar-refractivity contribution < 1.29 is 8.91 Å². The molecule has 90 valence electrons. The summed E-state index contributed by atoms with van der Waals surface area (Å²) in [7, 11) is 0. The van der Waals surface area contributed by atoms with Crippen LogP contribution in [0.3, 0.4) is 0 Å². The Hall–Kier alpha value is -1.82. The molecule has 5 nitrogen and oxygen atoms in total. The van der Waals surface area contributed by atoms with Gasteiger partial charge in [0.15, 0.2) is 5.82 Å². The van der Waals surface area contributed by atoms with Crippen molar-refractivity contribution in [2.45, 2.75) is 19.4 Å². The number of rotatable bonds is 5. The zero-order valence-electron chi connectivity index (χ0n) is 9.43. The summed E-state index contributed by atoms with van der Waals surface area (Å²) < 4.78 is 17.3. The maximum Gasteiger partial charge on any atom is 0.213 e. The van der Waals surface area contributed by atoms with Gasteiger partial charge >= 0.3 is 0 Å². The summed E-state index contributed by atoms with van der Waals surface area (Å²) in [5, 5.41) is 6.96. The molecule has 17 heavy (non-hydrogen) atoms. The molecule has 2 aromatic rings. The highest BCUT2D eigenvalue weighted by molar-refractivity contribution is 5.08. The van der Waals surface area contributed by atoms with Crippen LogP contribution in [0.5, 0.6) is 0 Å². The minimum Gasteiger partial charge on any atom is -0.343 e. The first kappa shape index (κ1) is 11.7. The third-order valence-corrected chi connectivity index (χ3v) is 2.40. The Bertz CT molecular complexity index is 443. The van der Waals surface area contributed by atoms with E-state index in [4.69, 9.17) is 0 Å². The molecule has 2 aromatic heterocycles. The van der Waals surface area contributed by atoms with Crippen LogP contribution in [0.25, 0.3) is 0 Å². The summed E-state index contributed by atoms with van der Waals surface area (Å²) >= 11 is 0. The van der Waals surface area contributed by atoms with Gasteiger partial charge in [-0.1, -0.05) is 5.16 Å². The van der Waals surface area contributed by atoms with Crippen LogP contribution < -0.4 is 5.32 Å². The number of pyridine rings is 1. The second kappa shape index (κ2) is 5.49. The van der Waals surface area contributed by atoms with Gasteiger partial charge < -0.3 is 9.84 Å². The minimum absolute atomic E-state index is 0.0579. The summed E-state index contributed by atoms with van der Waals surface area (Å²) in [6.45, 7) is 2.68. The smallest absolute Gasteiger partial charge is 0.213 e. The molecule has 0 amide bonds. The van der Waals surface area contributed by atoms with Gasteiger partial charge in [0.1, 0.15) is 5.82 Å². The van der Waals surface area contributed by atoms with Crippen LogP contribution in [0.2, 0.25) is 0 Å². The van der Waals surface area contributed by atoms with Crippen molar-refractivity contribution in [3.63, 3.8) is 0 Å². The highest BCUT2D eigenvalue weighted by Crippen LogP contribution is 2.08. The van der Waals surface area contributed by atoms with Gasteiger partial charge in [0, 0.05) is 19.0 Å². The summed E-state index contributed by atoms with van der Waals surface area (Å²) in [4.78, 5) is 7.92. The predicted molar refractivity (Wildman–Crippen MR) is 58.6 cm³/mol. The number of hydrogen-bond donors (Lipinski definition) is 1. The van der Waals surface area contributed by atoms with Crippen LogP contribution in [0.15, 0.2) is 29.2 Å². The lowest BCUT2D eigenvalue weighted by Crippen LogP contribution is -2.22. The average Bonchev–Trinajstić information content (AvgIpc) is 2.83. The molecule has 0 spiro atoms. The highest BCUT2D eigenvalue weighted by atomic mass is 19.1. The van der Waals surface area contributed by atoms with Crippen LogP contribution >= 0.6 is 0 Å². The van der Waals surface area contributed by atoms with Crippen LogP contribution in [-0.2, 0) is 6.42 Å². The second-order valence-electron chi connectivity index (χ2n) is 3.67. The quantitative estimate of drug-likeness (QED) is 0.852. The fourth-order valence-electron chi connectivity index (χ4n) is 1.45. The van der Waals surface area contributed by atoms with E-state index in [9.17, 15) is 4.39 Å². The van der Waals surface area contributed by atoms with E-state index in [0.717, 1.165) is 5.69 Å². The molecular formula is C11H13FN4O. The van der Waals surface area contributed by atoms with Gasteiger partial charge in [-0.25, -0.2) is 4.39 Å². The Kier molecular flexibility index (Phi) is 3.77. The van der Waals surface area contributed by atoms with E-state index in [2.05, 4.69) is 25.0 Å². The second-order valence-corrected chi connectivity index (χ2v) is 3.67. The van der Waals surface area contributed by atoms with Gasteiger partial charge in [-0.15, -0.1) is 0 Å². The Morgan fingerprint density at radius 3 is 2.94 bits per heavy atom. The van der Waals surface area contributed by atoms with Gasteiger partial charge in [0.2, 0.25) is 6.39 Å². The largest absolute Gasteiger partial charge is 0.343 e. The molecule has 1 unspecified atom stereocenters. The summed E-state index contributed by atoms with van der Waals surface area (Å²) in [6.07, 6.45) is 3.20. The molecular weight excluding hydrogens is 223 g/mol. The molecule has 1 N–H and O–H groups in total. The number of hydrogen-bond acceptors (Lipinski definition) is 5. The molecule has 0 bridgehead atoms. The highest BCUT2D eigenvalue weighted by Gasteiger charge is 2.06. The SMILES string of the molecule is CC(NCCc1ncon1)c1ccc(F)cn1. The molecule has 6 heteroatoms. The van der Waals surface area contributed by atoms with Crippen LogP contribution in [0.1, 0.15) is 24.5 Å². The third-order valence-electron chi connectivity index (χ3n) is 2.40. The summed E-state index contributed by atoms with van der Waals surface area (Å²) in [5.74, 6) is 0.338. The number of aromatic nitrogens is 3. The van der Waals surface area contributed by atoms with E-state index in [1.54, 1.807) is 6.07 Å². The van der Waals surface area contributed by atoms with Gasteiger partial charge in [0.25, 0.3) is 0 Å². The summed E-state index contributed by atoms with van der Waals surface area (Å²) in [6, 6.07) is 3.13. The first-order valence-corrected chi connectivity index (χ1v) is 5.36. The minimum atomic E-state index is -0.326. The third kappa shape index (κ3) is 3.32. The standard InChI is InChI=1S/C11H13FN4O/c1-8(10-3-2-9(12)6-14-10)13-5-4-11-15-7-17-16-11/h2-3,6-8,13H,4-5H2,1H3. The molecule has 0 saturated carbocycles. The van der Waals surface area contributed by atoms with Gasteiger partial charge in [-0.2, -0.15) is 4.98 Å². The average molecular weight is 236 g/mol. The Balaban J connectivity index is 1.81. The number of nitrogens with zero attached hydrogens (tertiary/aromatic N) is 3. The summed E-state index contributed by atoms with van der Waals surface area (Å²) in [5.41, 5.74) is 0.805. The lowest BCUT2D eigenvalue weighted by atomic mass is 10.2. The lowest BCUT2D eigenvalue weighted by molar-refractivity contribution is 0.408. The van der Waals surface area contributed by atoms with Gasteiger partial charge in [0.05, 0.1) is 11.9 Å². The molecule has 0 aliphatic carbocycles. The normalized spacial score (nSPS) is 12.6. The topological polar surface area (TPSA) is 63.8 Å². The molecule has 0 saturated heterocycles. The first-order chi connectivity index (χ1) is 8.25. The maximum atomic E-state index is 12.7. The Labute approximate surface area is 98.1 Å². The molecule has 2 heterocycles. The lowest BCUT2D eigenvalue weighted by Gasteiger charge is -2.12. The molecule has 2 rings (SSSR count). The number of halogens is 1. The molecule has 0 radical (unpaired) electrons. The van der Waals surface area contributed by atoms with E-state index >= 15 is 0 Å². The molecule has 0 aliphatic heterocycles. The van der Waals surface area contributed by atoms with Gasteiger partial charge in [-0.3, -0.25) is 4.98 Å². The van der Waals surface area contributed by atoms with Crippen molar-refractivity contribution in [1.29, 1.82) is 0 Å². The van der Waals surface area contributed by atoms with E-state index in [1.807, 2.05) is 6.92 Å². The van der Waals surface area contributed by atoms with Crippen molar-refractivity contribution in [2.24, 2.45) is 0 Å². The van der Waals surface area contributed by atoms with E-state index in [0.29, 0.717) is 18.8 Å². The van der Waals surface area contributed by atoms with Crippen molar-refractivity contribution in [1.82, 2.24) is 20.4 Å². The molecule has 0 aliphatic rings. The zero-order chi connectivity index (χ0) is 12.1. The predicted octanol–water partition coefficient (Wildman–Crippen LogP) is 1.50. The first-order valence-electron chi connectivity index (χ1n) is 5.36. The van der Waals surface area contributed by atoms with Crippen LogP contribution in [0.4, 0.5) is 4.39 Å². The fourth-order valence-corrected chi connectivity index (χ4v) is 1.45. The maximum absolute atomic E-state index is 12.7. The monoisotopic (exact) mass is 236 g/mol. The van der Waals surface area contributed by atoms with E-state index in [-0.39, 0.29) is 11.9 Å².